The molecule has 1 aromatic rings. The number of rotatable bonds is 6. The third-order valence-electron chi connectivity index (χ3n) is 2.18. The molecule has 88 valence electrons. The molecule has 0 heterocycles. The van der Waals surface area contributed by atoms with Crippen LogP contribution < -0.4 is 0 Å². The Morgan fingerprint density at radius 2 is 2.19 bits per heavy atom. The fourth-order valence-corrected chi connectivity index (χ4v) is 2.54. The van der Waals surface area contributed by atoms with Crippen molar-refractivity contribution in [2.24, 2.45) is 0 Å². The van der Waals surface area contributed by atoms with Crippen LogP contribution in [-0.4, -0.2) is 16.8 Å². The molecule has 0 bridgehead atoms. The standard InChI is InChI=1S/C12H15ClO2S/c1-2-3-4-7-16-11-6-5-9(13)8-10(11)12(14)15/h5-6,8H,2-4,7H2,1H3,(H,14,15). The van der Waals surface area contributed by atoms with Crippen LogP contribution in [0.25, 0.3) is 0 Å². The van der Waals surface area contributed by atoms with Gasteiger partial charge < -0.3 is 5.11 Å². The molecular formula is C12H15ClO2S. The molecule has 1 N–H and O–H groups in total. The molecular weight excluding hydrogens is 244 g/mol. The summed E-state index contributed by atoms with van der Waals surface area (Å²) in [7, 11) is 0. The van der Waals surface area contributed by atoms with Gasteiger partial charge in [-0.05, 0) is 30.4 Å². The maximum absolute atomic E-state index is 11.0. The minimum Gasteiger partial charge on any atom is -0.478 e. The second-order valence-corrected chi connectivity index (χ2v) is 5.07. The highest BCUT2D eigenvalue weighted by Gasteiger charge is 2.10. The van der Waals surface area contributed by atoms with E-state index >= 15 is 0 Å². The topological polar surface area (TPSA) is 37.3 Å². The fourth-order valence-electron chi connectivity index (χ4n) is 1.33. The monoisotopic (exact) mass is 258 g/mol. The van der Waals surface area contributed by atoms with E-state index in [1.165, 1.54) is 18.9 Å². The zero-order valence-electron chi connectivity index (χ0n) is 9.20. The lowest BCUT2D eigenvalue weighted by atomic mass is 10.2. The molecule has 0 atom stereocenters. The Balaban J connectivity index is 2.67. The number of carbonyl (C=O) groups is 1. The van der Waals surface area contributed by atoms with Crippen LogP contribution in [0.1, 0.15) is 36.5 Å². The molecule has 0 radical (unpaired) electrons. The van der Waals surface area contributed by atoms with Gasteiger partial charge in [-0.2, -0.15) is 0 Å². The number of hydrogen-bond acceptors (Lipinski definition) is 2. The van der Waals surface area contributed by atoms with Crippen molar-refractivity contribution in [3.8, 4) is 0 Å². The summed E-state index contributed by atoms with van der Waals surface area (Å²) in [5.41, 5.74) is 0.300. The summed E-state index contributed by atoms with van der Waals surface area (Å²) in [6.45, 7) is 2.15. The predicted molar refractivity (Wildman–Crippen MR) is 68.7 cm³/mol. The van der Waals surface area contributed by atoms with E-state index in [9.17, 15) is 4.79 Å². The maximum Gasteiger partial charge on any atom is 0.336 e. The van der Waals surface area contributed by atoms with Crippen LogP contribution in [0, 0.1) is 0 Å². The number of unbranched alkanes of at least 4 members (excludes halogenated alkanes) is 2. The Hall–Kier alpha value is -0.670. The summed E-state index contributed by atoms with van der Waals surface area (Å²) in [4.78, 5) is 11.8. The molecule has 16 heavy (non-hydrogen) atoms. The molecule has 0 fully saturated rings. The zero-order chi connectivity index (χ0) is 12.0. The SMILES string of the molecule is CCCCCSc1ccc(Cl)cc1C(=O)O. The third kappa shape index (κ3) is 4.06. The van der Waals surface area contributed by atoms with E-state index in [0.717, 1.165) is 17.1 Å². The van der Waals surface area contributed by atoms with E-state index in [0.29, 0.717) is 10.6 Å². The van der Waals surface area contributed by atoms with Crippen molar-refractivity contribution >= 4 is 29.3 Å². The first-order chi connectivity index (χ1) is 7.65. The number of carboxylic acid groups (broad SMARTS) is 1. The second-order valence-electron chi connectivity index (χ2n) is 3.50. The lowest BCUT2D eigenvalue weighted by Gasteiger charge is -2.05. The van der Waals surface area contributed by atoms with Gasteiger partial charge in [0, 0.05) is 9.92 Å². The van der Waals surface area contributed by atoms with Crippen LogP contribution in [0.3, 0.4) is 0 Å². The molecule has 1 aromatic carbocycles. The number of hydrogen-bond donors (Lipinski definition) is 1. The van der Waals surface area contributed by atoms with Crippen LogP contribution in [0.15, 0.2) is 23.1 Å². The van der Waals surface area contributed by atoms with Crippen molar-refractivity contribution in [1.82, 2.24) is 0 Å². The molecule has 1 rings (SSSR count). The van der Waals surface area contributed by atoms with E-state index in [4.69, 9.17) is 16.7 Å². The van der Waals surface area contributed by atoms with Crippen LogP contribution in [0.5, 0.6) is 0 Å². The van der Waals surface area contributed by atoms with Crippen molar-refractivity contribution in [2.45, 2.75) is 31.1 Å². The molecule has 0 aromatic heterocycles. The van der Waals surface area contributed by atoms with Crippen molar-refractivity contribution in [3.05, 3.63) is 28.8 Å². The van der Waals surface area contributed by atoms with Crippen molar-refractivity contribution in [1.29, 1.82) is 0 Å². The fraction of sp³-hybridized carbons (Fsp3) is 0.417. The van der Waals surface area contributed by atoms with E-state index in [1.54, 1.807) is 23.9 Å². The van der Waals surface area contributed by atoms with Crippen molar-refractivity contribution in [2.75, 3.05) is 5.75 Å². The van der Waals surface area contributed by atoms with Gasteiger partial charge in [-0.15, -0.1) is 11.8 Å². The van der Waals surface area contributed by atoms with Gasteiger partial charge in [0.05, 0.1) is 5.56 Å². The Morgan fingerprint density at radius 3 is 2.81 bits per heavy atom. The summed E-state index contributed by atoms with van der Waals surface area (Å²) in [5, 5.41) is 9.49. The molecule has 2 nitrogen and oxygen atoms in total. The number of aromatic carboxylic acids is 1. The minimum atomic E-state index is -0.916. The Morgan fingerprint density at radius 1 is 1.44 bits per heavy atom. The largest absolute Gasteiger partial charge is 0.478 e. The quantitative estimate of drug-likeness (QED) is 0.610. The molecule has 0 aliphatic heterocycles. The molecule has 0 unspecified atom stereocenters. The normalized spacial score (nSPS) is 10.4. The zero-order valence-corrected chi connectivity index (χ0v) is 10.8. The van der Waals surface area contributed by atoms with E-state index < -0.39 is 5.97 Å². The van der Waals surface area contributed by atoms with Gasteiger partial charge in [0.1, 0.15) is 0 Å². The molecule has 0 saturated carbocycles. The maximum atomic E-state index is 11.0. The van der Waals surface area contributed by atoms with Gasteiger partial charge in [0.2, 0.25) is 0 Å². The first kappa shape index (κ1) is 13.4. The minimum absolute atomic E-state index is 0.300. The number of carboxylic acids is 1. The molecule has 0 amide bonds. The van der Waals surface area contributed by atoms with Crippen LogP contribution in [0.4, 0.5) is 0 Å². The summed E-state index contributed by atoms with van der Waals surface area (Å²) in [6.07, 6.45) is 3.47. The van der Waals surface area contributed by atoms with Crippen LogP contribution in [-0.2, 0) is 0 Å². The number of thioether (sulfide) groups is 1. The average Bonchev–Trinajstić information content (AvgIpc) is 2.26. The van der Waals surface area contributed by atoms with Gasteiger partial charge in [-0.1, -0.05) is 31.4 Å². The van der Waals surface area contributed by atoms with Gasteiger partial charge in [-0.3, -0.25) is 0 Å². The molecule has 0 spiro atoms. The molecule has 0 saturated heterocycles. The summed E-state index contributed by atoms with van der Waals surface area (Å²) < 4.78 is 0. The first-order valence-electron chi connectivity index (χ1n) is 5.30. The van der Waals surface area contributed by atoms with Gasteiger partial charge in [0.15, 0.2) is 0 Å². The smallest absolute Gasteiger partial charge is 0.336 e. The van der Waals surface area contributed by atoms with E-state index in [2.05, 4.69) is 6.92 Å². The second kappa shape index (κ2) is 6.81. The molecule has 4 heteroatoms. The van der Waals surface area contributed by atoms with Crippen molar-refractivity contribution in [3.63, 3.8) is 0 Å². The van der Waals surface area contributed by atoms with Crippen molar-refractivity contribution < 1.29 is 9.90 Å². The number of halogens is 1. The lowest BCUT2D eigenvalue weighted by molar-refractivity contribution is 0.0693. The van der Waals surface area contributed by atoms with Crippen LogP contribution >= 0.6 is 23.4 Å². The van der Waals surface area contributed by atoms with Gasteiger partial charge in [0.25, 0.3) is 0 Å². The Bertz CT molecular complexity index is 366. The van der Waals surface area contributed by atoms with Gasteiger partial charge in [-0.25, -0.2) is 4.79 Å². The lowest BCUT2D eigenvalue weighted by Crippen LogP contribution is -1.99. The van der Waals surface area contributed by atoms with E-state index in [-0.39, 0.29) is 0 Å². The highest BCUT2D eigenvalue weighted by atomic mass is 35.5. The first-order valence-corrected chi connectivity index (χ1v) is 6.67. The Labute approximate surface area is 105 Å². The highest BCUT2D eigenvalue weighted by Crippen LogP contribution is 2.26. The highest BCUT2D eigenvalue weighted by molar-refractivity contribution is 7.99. The number of benzene rings is 1. The third-order valence-corrected chi connectivity index (χ3v) is 3.57. The summed E-state index contributed by atoms with van der Waals surface area (Å²) in [5.74, 6) is 0.0379. The van der Waals surface area contributed by atoms with Crippen LogP contribution in [0.2, 0.25) is 5.02 Å². The Kier molecular flexibility index (Phi) is 5.71. The molecule has 0 aliphatic carbocycles. The molecule has 0 aliphatic rings. The summed E-state index contributed by atoms with van der Waals surface area (Å²) >= 11 is 7.36. The summed E-state index contributed by atoms with van der Waals surface area (Å²) in [6, 6.07) is 5.02. The van der Waals surface area contributed by atoms with E-state index in [1.807, 2.05) is 0 Å². The van der Waals surface area contributed by atoms with Gasteiger partial charge >= 0.3 is 5.97 Å². The predicted octanol–water partition coefficient (Wildman–Crippen LogP) is 4.32. The average molecular weight is 259 g/mol.